The molecule has 0 spiro atoms. The Kier molecular flexibility index (Phi) is 6.84. The lowest BCUT2D eigenvalue weighted by Gasteiger charge is -2.10. The number of nitrogens with two attached hydrogens (primary N) is 1. The number of nitrogen functional groups attached to an aromatic ring is 1. The van der Waals surface area contributed by atoms with Gasteiger partial charge in [0, 0.05) is 12.7 Å². The fraction of sp³-hybridized carbons (Fsp3) is 0.600. The molecule has 0 saturated heterocycles. The van der Waals surface area contributed by atoms with Crippen molar-refractivity contribution in [3.05, 3.63) is 17.8 Å². The maximum absolute atomic E-state index is 10.9. The molecule has 0 saturated carbocycles. The van der Waals surface area contributed by atoms with Crippen LogP contribution in [0.5, 0.6) is 0 Å². The first-order valence-corrected chi connectivity index (χ1v) is 7.24. The van der Waals surface area contributed by atoms with Gasteiger partial charge in [0.1, 0.15) is 5.82 Å². The minimum absolute atomic E-state index is 0.0967. The minimum atomic E-state index is -1.03. The first-order chi connectivity index (χ1) is 9.52. The summed E-state index contributed by atoms with van der Waals surface area (Å²) in [5, 5.41) is 12.1. The first kappa shape index (κ1) is 16.3. The Morgan fingerprint density at radius 3 is 2.70 bits per heavy atom. The van der Waals surface area contributed by atoms with Crippen LogP contribution < -0.4 is 11.1 Å². The standard InChI is InChI=1S/C15H25N3O2/c1-11(2)7-5-3-4-6-9-17-14-13(16)12(15(19)20)8-10-18-14/h8,10-11H,3-7,9,16H2,1-2H3,(H,17,18)(H,19,20). The molecule has 1 heterocycles. The van der Waals surface area contributed by atoms with E-state index in [-0.39, 0.29) is 11.3 Å². The van der Waals surface area contributed by atoms with Crippen LogP contribution in [0.25, 0.3) is 0 Å². The number of aromatic carboxylic acids is 1. The summed E-state index contributed by atoms with van der Waals surface area (Å²) in [4.78, 5) is 15.0. The molecule has 1 aromatic heterocycles. The van der Waals surface area contributed by atoms with Crippen LogP contribution in [0.2, 0.25) is 0 Å². The van der Waals surface area contributed by atoms with Crippen molar-refractivity contribution >= 4 is 17.5 Å². The molecule has 0 bridgehead atoms. The third-order valence-electron chi connectivity index (χ3n) is 3.22. The molecule has 0 atom stereocenters. The molecular weight excluding hydrogens is 254 g/mol. The fourth-order valence-corrected chi connectivity index (χ4v) is 2.04. The second kappa shape index (κ2) is 8.40. The van der Waals surface area contributed by atoms with Crippen LogP contribution in [0.3, 0.4) is 0 Å². The van der Waals surface area contributed by atoms with Crippen molar-refractivity contribution in [2.75, 3.05) is 17.6 Å². The topological polar surface area (TPSA) is 88.2 Å². The van der Waals surface area contributed by atoms with Crippen LogP contribution in [-0.4, -0.2) is 22.6 Å². The quantitative estimate of drug-likeness (QED) is 0.603. The number of hydrogen-bond donors (Lipinski definition) is 3. The molecule has 0 aliphatic carbocycles. The normalized spacial score (nSPS) is 10.8. The molecule has 20 heavy (non-hydrogen) atoms. The Labute approximate surface area is 120 Å². The van der Waals surface area contributed by atoms with Crippen molar-refractivity contribution in [2.45, 2.75) is 46.0 Å². The third kappa shape index (κ3) is 5.47. The average Bonchev–Trinajstić information content (AvgIpc) is 2.38. The molecule has 0 amide bonds. The van der Waals surface area contributed by atoms with E-state index in [0.717, 1.165) is 25.3 Å². The number of unbranched alkanes of at least 4 members (excludes halogenated alkanes) is 3. The van der Waals surface area contributed by atoms with E-state index >= 15 is 0 Å². The van der Waals surface area contributed by atoms with Gasteiger partial charge in [-0.15, -0.1) is 0 Å². The number of aromatic nitrogens is 1. The van der Waals surface area contributed by atoms with Crippen LogP contribution in [0.4, 0.5) is 11.5 Å². The highest BCUT2D eigenvalue weighted by molar-refractivity contribution is 5.96. The predicted molar refractivity (Wildman–Crippen MR) is 82.0 cm³/mol. The van der Waals surface area contributed by atoms with Crippen LogP contribution >= 0.6 is 0 Å². The fourth-order valence-electron chi connectivity index (χ4n) is 2.04. The number of rotatable bonds is 9. The zero-order valence-corrected chi connectivity index (χ0v) is 12.4. The number of anilines is 2. The summed E-state index contributed by atoms with van der Waals surface area (Å²) in [7, 11) is 0. The zero-order valence-electron chi connectivity index (χ0n) is 12.4. The minimum Gasteiger partial charge on any atom is -0.478 e. The van der Waals surface area contributed by atoms with Gasteiger partial charge in [-0.05, 0) is 18.4 Å². The highest BCUT2D eigenvalue weighted by Gasteiger charge is 2.11. The Morgan fingerprint density at radius 2 is 2.05 bits per heavy atom. The van der Waals surface area contributed by atoms with Crippen LogP contribution in [0.1, 0.15) is 56.3 Å². The molecule has 0 aliphatic rings. The van der Waals surface area contributed by atoms with E-state index in [2.05, 4.69) is 24.1 Å². The molecule has 112 valence electrons. The summed E-state index contributed by atoms with van der Waals surface area (Å²) < 4.78 is 0. The SMILES string of the molecule is CC(C)CCCCCCNc1nccc(C(=O)O)c1N. The lowest BCUT2D eigenvalue weighted by Crippen LogP contribution is -2.10. The first-order valence-electron chi connectivity index (χ1n) is 7.24. The van der Waals surface area contributed by atoms with Crippen molar-refractivity contribution in [2.24, 2.45) is 5.92 Å². The van der Waals surface area contributed by atoms with E-state index in [0.29, 0.717) is 5.82 Å². The average molecular weight is 279 g/mol. The van der Waals surface area contributed by atoms with E-state index in [1.807, 2.05) is 0 Å². The van der Waals surface area contributed by atoms with Crippen LogP contribution in [0.15, 0.2) is 12.3 Å². The predicted octanol–water partition coefficient (Wildman–Crippen LogP) is 3.38. The van der Waals surface area contributed by atoms with Crippen molar-refractivity contribution < 1.29 is 9.90 Å². The van der Waals surface area contributed by atoms with Gasteiger partial charge in [-0.3, -0.25) is 0 Å². The maximum Gasteiger partial charge on any atom is 0.337 e. The van der Waals surface area contributed by atoms with Crippen LogP contribution in [-0.2, 0) is 0 Å². The monoisotopic (exact) mass is 279 g/mol. The summed E-state index contributed by atoms with van der Waals surface area (Å²) in [6.45, 7) is 5.25. The number of carboxylic acid groups (broad SMARTS) is 1. The lowest BCUT2D eigenvalue weighted by atomic mass is 10.0. The second-order valence-electron chi connectivity index (χ2n) is 5.45. The van der Waals surface area contributed by atoms with Crippen molar-refractivity contribution in [1.82, 2.24) is 4.98 Å². The van der Waals surface area contributed by atoms with E-state index in [1.54, 1.807) is 0 Å². The number of hydrogen-bond acceptors (Lipinski definition) is 4. The summed E-state index contributed by atoms with van der Waals surface area (Å²) in [5.41, 5.74) is 6.08. The van der Waals surface area contributed by atoms with Gasteiger partial charge in [-0.25, -0.2) is 9.78 Å². The van der Waals surface area contributed by atoms with Gasteiger partial charge in [0.2, 0.25) is 0 Å². The molecule has 1 aromatic rings. The molecule has 0 radical (unpaired) electrons. The molecular formula is C15H25N3O2. The molecule has 5 nitrogen and oxygen atoms in total. The molecule has 0 aliphatic heterocycles. The molecule has 5 heteroatoms. The number of nitrogens with one attached hydrogen (secondary N) is 1. The Balaban J connectivity index is 2.29. The highest BCUT2D eigenvalue weighted by atomic mass is 16.4. The number of pyridine rings is 1. The Morgan fingerprint density at radius 1 is 1.35 bits per heavy atom. The molecule has 0 unspecified atom stereocenters. The van der Waals surface area contributed by atoms with Gasteiger partial charge in [-0.1, -0.05) is 39.5 Å². The summed E-state index contributed by atoms with van der Waals surface area (Å²) in [6.07, 6.45) is 7.45. The van der Waals surface area contributed by atoms with Gasteiger partial charge in [0.15, 0.2) is 0 Å². The lowest BCUT2D eigenvalue weighted by molar-refractivity contribution is 0.0698. The molecule has 0 fully saturated rings. The van der Waals surface area contributed by atoms with E-state index in [9.17, 15) is 4.79 Å². The Hall–Kier alpha value is -1.78. The third-order valence-corrected chi connectivity index (χ3v) is 3.22. The second-order valence-corrected chi connectivity index (χ2v) is 5.45. The summed E-state index contributed by atoms with van der Waals surface area (Å²) >= 11 is 0. The Bertz CT molecular complexity index is 433. The van der Waals surface area contributed by atoms with Crippen molar-refractivity contribution in [3.63, 3.8) is 0 Å². The highest BCUT2D eigenvalue weighted by Crippen LogP contribution is 2.20. The molecule has 0 aromatic carbocycles. The van der Waals surface area contributed by atoms with Gasteiger partial charge in [0.05, 0.1) is 11.3 Å². The largest absolute Gasteiger partial charge is 0.478 e. The van der Waals surface area contributed by atoms with Gasteiger partial charge >= 0.3 is 5.97 Å². The molecule has 1 rings (SSSR count). The van der Waals surface area contributed by atoms with Crippen molar-refractivity contribution in [1.29, 1.82) is 0 Å². The number of carboxylic acids is 1. The van der Waals surface area contributed by atoms with Gasteiger partial charge in [0.25, 0.3) is 0 Å². The number of nitrogens with zero attached hydrogens (tertiary/aromatic N) is 1. The molecule has 4 N–H and O–H groups in total. The van der Waals surface area contributed by atoms with E-state index < -0.39 is 5.97 Å². The van der Waals surface area contributed by atoms with Gasteiger partial charge in [-0.2, -0.15) is 0 Å². The summed E-state index contributed by atoms with van der Waals surface area (Å²) in [6, 6.07) is 1.41. The smallest absolute Gasteiger partial charge is 0.337 e. The maximum atomic E-state index is 10.9. The number of carbonyl (C=O) groups is 1. The van der Waals surface area contributed by atoms with E-state index in [4.69, 9.17) is 10.8 Å². The van der Waals surface area contributed by atoms with E-state index in [1.165, 1.54) is 31.5 Å². The van der Waals surface area contributed by atoms with Gasteiger partial charge < -0.3 is 16.2 Å². The van der Waals surface area contributed by atoms with Crippen LogP contribution in [0, 0.1) is 5.92 Å². The zero-order chi connectivity index (χ0) is 15.0. The van der Waals surface area contributed by atoms with Crippen molar-refractivity contribution in [3.8, 4) is 0 Å². The summed E-state index contributed by atoms with van der Waals surface area (Å²) in [5.74, 6) is 0.213.